The number of Topliss-reactive ketones (excluding diaryl/α,β-unsaturated/α-hetero) is 2. The number of rotatable bonds is 20. The minimum Gasteiger partial charge on any atom is -0.379 e. The van der Waals surface area contributed by atoms with Gasteiger partial charge in [-0.3, -0.25) is 9.59 Å². The quantitative estimate of drug-likeness (QED) is 0.0994. The lowest BCUT2D eigenvalue weighted by atomic mass is 9.98. The summed E-state index contributed by atoms with van der Waals surface area (Å²) in [5.41, 5.74) is 5.42. The molecule has 0 aromatic rings. The number of hydrogen-bond donors (Lipinski definition) is 0. The Labute approximate surface area is 281 Å². The van der Waals surface area contributed by atoms with E-state index in [0.717, 1.165) is 33.4 Å². The average molecular weight is 629 g/mol. The van der Waals surface area contributed by atoms with Gasteiger partial charge in [0.25, 0.3) is 0 Å². The first-order chi connectivity index (χ1) is 21.5. The van der Waals surface area contributed by atoms with Crippen molar-refractivity contribution in [3.63, 3.8) is 0 Å². The van der Waals surface area contributed by atoms with E-state index in [4.69, 9.17) is 9.47 Å². The number of allylic oxidation sites excluding steroid dienone is 22. The minimum absolute atomic E-state index is 0.148. The molecule has 0 aromatic heterocycles. The molecule has 0 amide bonds. The SMILES string of the molecule is COC(C)(C)CCC(=O)C(C)=CC=CC(C)=CC=CC(C)=CC=CC=C(C)C=CC=C(C)C=CC=C(C)C(=O)CCC(C)(C)OC. The summed E-state index contributed by atoms with van der Waals surface area (Å²) >= 11 is 0. The van der Waals surface area contributed by atoms with Gasteiger partial charge >= 0.3 is 0 Å². The first kappa shape index (κ1) is 42.4. The van der Waals surface area contributed by atoms with Crippen molar-refractivity contribution >= 4 is 11.6 Å². The van der Waals surface area contributed by atoms with Gasteiger partial charge in [-0.25, -0.2) is 0 Å². The third-order valence-electron chi connectivity index (χ3n) is 7.57. The summed E-state index contributed by atoms with van der Waals surface area (Å²) in [5, 5.41) is 0. The molecular formula is C42H60O4. The fourth-order valence-electron chi connectivity index (χ4n) is 3.64. The Balaban J connectivity index is 4.85. The summed E-state index contributed by atoms with van der Waals surface area (Å²) in [4.78, 5) is 24.7. The largest absolute Gasteiger partial charge is 0.379 e. The van der Waals surface area contributed by atoms with Crippen LogP contribution in [0.15, 0.2) is 131 Å². The standard InChI is InChI=1S/C42H60O4/c1-33(21-15-23-35(3)25-17-27-37(5)39(43)29-31-41(7,8)45-11)19-13-14-20-34(2)22-16-24-36(4)26-18-28-38(6)40(44)30-32-42(9,10)46-12/h13-28H,29-32H2,1-12H3. The molecule has 0 saturated heterocycles. The first-order valence-electron chi connectivity index (χ1n) is 16.1. The number of hydrogen-bond acceptors (Lipinski definition) is 4. The molecule has 252 valence electrons. The minimum atomic E-state index is -0.283. The summed E-state index contributed by atoms with van der Waals surface area (Å²) in [7, 11) is 3.35. The molecule has 4 nitrogen and oxygen atoms in total. The van der Waals surface area contributed by atoms with Gasteiger partial charge in [0, 0.05) is 27.1 Å². The Bertz CT molecular complexity index is 1220. The highest BCUT2D eigenvalue weighted by Crippen LogP contribution is 2.18. The van der Waals surface area contributed by atoms with Crippen molar-refractivity contribution in [2.24, 2.45) is 0 Å². The lowest BCUT2D eigenvalue weighted by molar-refractivity contribution is -0.117. The lowest BCUT2D eigenvalue weighted by Crippen LogP contribution is -2.23. The van der Waals surface area contributed by atoms with E-state index < -0.39 is 0 Å². The molecule has 0 fully saturated rings. The van der Waals surface area contributed by atoms with Crippen LogP contribution >= 0.6 is 0 Å². The second-order valence-corrected chi connectivity index (χ2v) is 12.9. The van der Waals surface area contributed by atoms with Crippen molar-refractivity contribution in [1.82, 2.24) is 0 Å². The Kier molecular flexibility index (Phi) is 21.0. The van der Waals surface area contributed by atoms with Gasteiger partial charge in [-0.1, -0.05) is 120 Å². The molecule has 0 aromatic carbocycles. The smallest absolute Gasteiger partial charge is 0.158 e. The molecule has 46 heavy (non-hydrogen) atoms. The van der Waals surface area contributed by atoms with Crippen LogP contribution in [0.3, 0.4) is 0 Å². The molecule has 0 aliphatic rings. The summed E-state index contributed by atoms with van der Waals surface area (Å²) < 4.78 is 10.8. The van der Waals surface area contributed by atoms with Crippen LogP contribution in [0, 0.1) is 0 Å². The molecule has 0 rings (SSSR count). The Hall–Kier alpha value is -3.60. The van der Waals surface area contributed by atoms with Gasteiger partial charge in [0.15, 0.2) is 11.6 Å². The molecular weight excluding hydrogens is 568 g/mol. The van der Waals surface area contributed by atoms with E-state index in [-0.39, 0.29) is 22.8 Å². The van der Waals surface area contributed by atoms with E-state index >= 15 is 0 Å². The third kappa shape index (κ3) is 22.0. The van der Waals surface area contributed by atoms with Crippen molar-refractivity contribution in [2.75, 3.05) is 14.2 Å². The van der Waals surface area contributed by atoms with Gasteiger partial charge < -0.3 is 9.47 Å². The molecule has 0 atom stereocenters. The molecule has 0 spiro atoms. The van der Waals surface area contributed by atoms with Crippen LogP contribution < -0.4 is 0 Å². The number of carbonyl (C=O) groups is 2. The van der Waals surface area contributed by atoms with Gasteiger partial charge in [-0.05, 0) is 93.2 Å². The van der Waals surface area contributed by atoms with Crippen molar-refractivity contribution in [3.05, 3.63) is 131 Å². The molecule has 0 N–H and O–H groups in total. The third-order valence-corrected chi connectivity index (χ3v) is 7.57. The van der Waals surface area contributed by atoms with Gasteiger partial charge in [-0.2, -0.15) is 0 Å². The molecule has 0 saturated carbocycles. The van der Waals surface area contributed by atoms with E-state index in [1.54, 1.807) is 14.2 Å². The Morgan fingerprint density at radius 3 is 1.00 bits per heavy atom. The van der Waals surface area contributed by atoms with Gasteiger partial charge in [0.1, 0.15) is 0 Å². The van der Waals surface area contributed by atoms with Gasteiger partial charge in [-0.15, -0.1) is 0 Å². The molecule has 0 aliphatic heterocycles. The predicted molar refractivity (Wildman–Crippen MR) is 199 cm³/mol. The highest BCUT2D eigenvalue weighted by Gasteiger charge is 2.19. The van der Waals surface area contributed by atoms with Crippen molar-refractivity contribution in [1.29, 1.82) is 0 Å². The number of ether oxygens (including phenoxy) is 2. The molecule has 0 heterocycles. The molecule has 0 aliphatic carbocycles. The summed E-state index contributed by atoms with van der Waals surface area (Å²) in [6.45, 7) is 19.9. The second-order valence-electron chi connectivity index (χ2n) is 12.9. The maximum absolute atomic E-state index is 12.3. The Morgan fingerprint density at radius 2 is 0.717 bits per heavy atom. The zero-order valence-corrected chi connectivity index (χ0v) is 30.7. The fourth-order valence-corrected chi connectivity index (χ4v) is 3.64. The second kappa shape index (κ2) is 22.8. The number of carbonyl (C=O) groups excluding carboxylic acids is 2. The van der Waals surface area contributed by atoms with Crippen LogP contribution in [-0.4, -0.2) is 37.0 Å². The van der Waals surface area contributed by atoms with E-state index in [0.29, 0.717) is 25.7 Å². The zero-order valence-electron chi connectivity index (χ0n) is 30.7. The topological polar surface area (TPSA) is 52.6 Å². The lowest BCUT2D eigenvalue weighted by Gasteiger charge is -2.22. The summed E-state index contributed by atoms with van der Waals surface area (Å²) in [6, 6.07) is 0. The van der Waals surface area contributed by atoms with E-state index in [9.17, 15) is 9.59 Å². The van der Waals surface area contributed by atoms with E-state index in [1.807, 2.05) is 128 Å². The van der Waals surface area contributed by atoms with E-state index in [1.165, 1.54) is 0 Å². The van der Waals surface area contributed by atoms with Crippen LogP contribution in [0.2, 0.25) is 0 Å². The molecule has 0 unspecified atom stereocenters. The monoisotopic (exact) mass is 628 g/mol. The summed E-state index contributed by atoms with van der Waals surface area (Å²) in [5.74, 6) is 0.296. The maximum Gasteiger partial charge on any atom is 0.158 e. The Morgan fingerprint density at radius 1 is 0.457 bits per heavy atom. The van der Waals surface area contributed by atoms with Crippen LogP contribution in [-0.2, 0) is 19.1 Å². The van der Waals surface area contributed by atoms with Crippen molar-refractivity contribution in [3.8, 4) is 0 Å². The average Bonchev–Trinajstić information content (AvgIpc) is 3.00. The van der Waals surface area contributed by atoms with Crippen LogP contribution in [0.4, 0.5) is 0 Å². The highest BCUT2D eigenvalue weighted by atomic mass is 16.5. The molecule has 0 radical (unpaired) electrons. The zero-order chi connectivity index (χ0) is 35.2. The van der Waals surface area contributed by atoms with Gasteiger partial charge in [0.2, 0.25) is 0 Å². The van der Waals surface area contributed by atoms with E-state index in [2.05, 4.69) is 38.2 Å². The fraction of sp³-hybridized carbons (Fsp3) is 0.429. The maximum atomic E-state index is 12.3. The predicted octanol–water partition coefficient (Wildman–Crippen LogP) is 11.0. The molecule has 4 heteroatoms. The molecule has 0 bridgehead atoms. The highest BCUT2D eigenvalue weighted by molar-refractivity contribution is 5.95. The van der Waals surface area contributed by atoms with Crippen LogP contribution in [0.1, 0.15) is 94.9 Å². The normalized spacial score (nSPS) is 15.6. The van der Waals surface area contributed by atoms with Crippen molar-refractivity contribution in [2.45, 2.75) is 106 Å². The van der Waals surface area contributed by atoms with Crippen LogP contribution in [0.5, 0.6) is 0 Å². The first-order valence-corrected chi connectivity index (χ1v) is 16.1. The van der Waals surface area contributed by atoms with Crippen molar-refractivity contribution < 1.29 is 19.1 Å². The summed E-state index contributed by atoms with van der Waals surface area (Å²) in [6.07, 6.45) is 34.4. The van der Waals surface area contributed by atoms with Gasteiger partial charge in [0.05, 0.1) is 11.2 Å². The number of methoxy groups -OCH3 is 2. The van der Waals surface area contributed by atoms with Crippen LogP contribution in [0.25, 0.3) is 0 Å². The number of ketones is 2.